The van der Waals surface area contributed by atoms with Crippen molar-refractivity contribution >= 4 is 11.6 Å². The van der Waals surface area contributed by atoms with Crippen molar-refractivity contribution < 1.29 is 9.32 Å². The van der Waals surface area contributed by atoms with Crippen LogP contribution >= 0.6 is 0 Å². The zero-order chi connectivity index (χ0) is 20.4. The number of hydrogen-bond donors (Lipinski definition) is 2. The Labute approximate surface area is 163 Å². The third kappa shape index (κ3) is 3.74. The summed E-state index contributed by atoms with van der Waals surface area (Å²) in [5.74, 6) is 0.0554. The second kappa shape index (κ2) is 7.39. The number of H-pyrrole nitrogens is 1. The number of anilines is 1. The van der Waals surface area contributed by atoms with E-state index in [-0.39, 0.29) is 23.2 Å². The number of amides is 1. The molecular formula is C20H15N5O4. The third-order valence-corrected chi connectivity index (χ3v) is 4.20. The molecule has 29 heavy (non-hydrogen) atoms. The second-order valence-electron chi connectivity index (χ2n) is 6.23. The lowest BCUT2D eigenvalue weighted by Crippen LogP contribution is -2.28. The molecule has 0 atom stereocenters. The van der Waals surface area contributed by atoms with Crippen LogP contribution in [0.1, 0.15) is 10.4 Å². The quantitative estimate of drug-likeness (QED) is 0.551. The molecule has 144 valence electrons. The Morgan fingerprint density at radius 3 is 2.52 bits per heavy atom. The van der Waals surface area contributed by atoms with E-state index in [0.29, 0.717) is 16.8 Å². The topological polar surface area (TPSA) is 123 Å². The van der Waals surface area contributed by atoms with Crippen molar-refractivity contribution in [3.63, 3.8) is 0 Å². The largest absolute Gasteiger partial charge is 0.334 e. The number of carbonyl (C=O) groups is 1. The molecule has 0 unspecified atom stereocenters. The minimum atomic E-state index is -0.598. The highest BCUT2D eigenvalue weighted by Gasteiger charge is 2.15. The van der Waals surface area contributed by atoms with Gasteiger partial charge in [0.2, 0.25) is 5.82 Å². The van der Waals surface area contributed by atoms with Crippen molar-refractivity contribution in [3.05, 3.63) is 87.2 Å². The first kappa shape index (κ1) is 18.1. The molecule has 9 nitrogen and oxygen atoms in total. The van der Waals surface area contributed by atoms with Gasteiger partial charge in [0, 0.05) is 30.1 Å². The number of rotatable bonds is 4. The summed E-state index contributed by atoms with van der Waals surface area (Å²) >= 11 is 0. The van der Waals surface area contributed by atoms with Crippen LogP contribution in [0.3, 0.4) is 0 Å². The summed E-state index contributed by atoms with van der Waals surface area (Å²) in [7, 11) is 1.51. The van der Waals surface area contributed by atoms with E-state index in [2.05, 4.69) is 20.4 Å². The first-order valence-corrected chi connectivity index (χ1v) is 8.62. The normalized spacial score (nSPS) is 10.7. The number of nitrogens with one attached hydrogen (secondary N) is 2. The number of benzene rings is 2. The summed E-state index contributed by atoms with van der Waals surface area (Å²) in [6.07, 6.45) is 1.35. The number of hydrogen-bond acceptors (Lipinski definition) is 6. The molecule has 9 heteroatoms. The van der Waals surface area contributed by atoms with Crippen LogP contribution < -0.4 is 16.6 Å². The molecule has 0 bridgehead atoms. The van der Waals surface area contributed by atoms with E-state index in [1.165, 1.54) is 17.8 Å². The number of aryl methyl sites for hydroxylation is 1. The monoisotopic (exact) mass is 389 g/mol. The predicted molar refractivity (Wildman–Crippen MR) is 105 cm³/mol. The van der Waals surface area contributed by atoms with E-state index in [9.17, 15) is 14.4 Å². The van der Waals surface area contributed by atoms with Gasteiger partial charge in [-0.1, -0.05) is 23.4 Å². The molecule has 0 saturated carbocycles. The van der Waals surface area contributed by atoms with Crippen molar-refractivity contribution in [1.82, 2.24) is 19.7 Å². The molecule has 0 radical (unpaired) electrons. The smallest absolute Gasteiger partial charge is 0.328 e. The maximum atomic E-state index is 12.2. The molecule has 4 rings (SSSR count). The summed E-state index contributed by atoms with van der Waals surface area (Å²) in [4.78, 5) is 42.0. The number of carbonyl (C=O) groups excluding carboxylic acids is 1. The third-order valence-electron chi connectivity index (χ3n) is 4.20. The standard InChI is InChI=1S/C20H15N5O4/c1-25-11-15(18(27)23-20(25)28)16-22-19(29-24-16)13-7-9-14(10-8-13)21-17(26)12-5-3-2-4-6-12/h2-11H,1H3,(H,21,26)(H,23,27,28). The number of aromatic nitrogens is 4. The zero-order valence-corrected chi connectivity index (χ0v) is 15.2. The number of aromatic amines is 1. The van der Waals surface area contributed by atoms with Gasteiger partial charge in [0.05, 0.1) is 0 Å². The van der Waals surface area contributed by atoms with Gasteiger partial charge in [0.1, 0.15) is 5.56 Å². The van der Waals surface area contributed by atoms with Gasteiger partial charge in [-0.3, -0.25) is 14.6 Å². The van der Waals surface area contributed by atoms with E-state index in [1.54, 1.807) is 48.5 Å². The molecule has 0 spiro atoms. The van der Waals surface area contributed by atoms with Gasteiger partial charge in [-0.15, -0.1) is 0 Å². The molecule has 2 N–H and O–H groups in total. The second-order valence-corrected chi connectivity index (χ2v) is 6.23. The minimum absolute atomic E-state index is 0.0679. The van der Waals surface area contributed by atoms with Gasteiger partial charge in [-0.05, 0) is 36.4 Å². The molecule has 1 amide bonds. The summed E-state index contributed by atoms with van der Waals surface area (Å²) in [6, 6.07) is 15.7. The summed E-state index contributed by atoms with van der Waals surface area (Å²) in [6.45, 7) is 0. The van der Waals surface area contributed by atoms with Gasteiger partial charge in [0.15, 0.2) is 0 Å². The highest BCUT2D eigenvalue weighted by atomic mass is 16.5. The molecule has 0 aliphatic carbocycles. The Bertz CT molecular complexity index is 1290. The Balaban J connectivity index is 1.55. The lowest BCUT2D eigenvalue weighted by molar-refractivity contribution is 0.102. The van der Waals surface area contributed by atoms with Gasteiger partial charge in [-0.25, -0.2) is 4.79 Å². The van der Waals surface area contributed by atoms with Gasteiger partial charge in [0.25, 0.3) is 17.4 Å². The van der Waals surface area contributed by atoms with Gasteiger partial charge >= 0.3 is 5.69 Å². The zero-order valence-electron chi connectivity index (χ0n) is 15.2. The summed E-state index contributed by atoms with van der Waals surface area (Å²) < 4.78 is 6.45. The molecule has 4 aromatic rings. The Hall–Kier alpha value is -4.27. The highest BCUT2D eigenvalue weighted by molar-refractivity contribution is 6.04. The van der Waals surface area contributed by atoms with Crippen LogP contribution in [-0.2, 0) is 7.05 Å². The average Bonchev–Trinajstić information content (AvgIpc) is 3.22. The molecule has 0 saturated heterocycles. The Kier molecular flexibility index (Phi) is 4.62. The molecule has 2 aromatic heterocycles. The molecule has 2 heterocycles. The lowest BCUT2D eigenvalue weighted by Gasteiger charge is -2.05. The van der Waals surface area contributed by atoms with Crippen LogP contribution in [0.25, 0.3) is 22.8 Å². The van der Waals surface area contributed by atoms with Crippen molar-refractivity contribution in [2.45, 2.75) is 0 Å². The molecule has 0 aliphatic heterocycles. The van der Waals surface area contributed by atoms with E-state index >= 15 is 0 Å². The van der Waals surface area contributed by atoms with Crippen LogP contribution in [0.5, 0.6) is 0 Å². The van der Waals surface area contributed by atoms with E-state index < -0.39 is 11.2 Å². The first-order chi connectivity index (χ1) is 14.0. The highest BCUT2D eigenvalue weighted by Crippen LogP contribution is 2.22. The molecule has 0 fully saturated rings. The fourth-order valence-electron chi connectivity index (χ4n) is 2.66. The first-order valence-electron chi connectivity index (χ1n) is 8.62. The molecular weight excluding hydrogens is 374 g/mol. The van der Waals surface area contributed by atoms with Crippen molar-refractivity contribution in [2.75, 3.05) is 5.32 Å². The summed E-state index contributed by atoms with van der Waals surface area (Å²) in [5.41, 5.74) is 0.768. The maximum Gasteiger partial charge on any atom is 0.328 e. The van der Waals surface area contributed by atoms with Crippen molar-refractivity contribution in [1.29, 1.82) is 0 Å². The average molecular weight is 389 g/mol. The van der Waals surface area contributed by atoms with Crippen molar-refractivity contribution in [2.24, 2.45) is 7.05 Å². The van der Waals surface area contributed by atoms with Crippen LogP contribution in [0.15, 0.2) is 74.9 Å². The van der Waals surface area contributed by atoms with E-state index in [1.807, 2.05) is 6.07 Å². The minimum Gasteiger partial charge on any atom is -0.334 e. The van der Waals surface area contributed by atoms with Crippen LogP contribution in [0, 0.1) is 0 Å². The SMILES string of the molecule is Cn1cc(-c2noc(-c3ccc(NC(=O)c4ccccc4)cc3)n2)c(=O)[nH]c1=O. The lowest BCUT2D eigenvalue weighted by atomic mass is 10.2. The fraction of sp³-hybridized carbons (Fsp3) is 0.0500. The summed E-state index contributed by atoms with van der Waals surface area (Å²) in [5, 5.41) is 6.62. The van der Waals surface area contributed by atoms with E-state index in [4.69, 9.17) is 4.52 Å². The van der Waals surface area contributed by atoms with Gasteiger partial charge in [-0.2, -0.15) is 4.98 Å². The van der Waals surface area contributed by atoms with Crippen molar-refractivity contribution in [3.8, 4) is 22.8 Å². The maximum absolute atomic E-state index is 12.2. The van der Waals surface area contributed by atoms with Crippen LogP contribution in [0.2, 0.25) is 0 Å². The van der Waals surface area contributed by atoms with E-state index in [0.717, 1.165) is 0 Å². The molecule has 2 aromatic carbocycles. The fourth-order valence-corrected chi connectivity index (χ4v) is 2.66. The predicted octanol–water partition coefficient (Wildman–Crippen LogP) is 2.04. The van der Waals surface area contributed by atoms with Gasteiger partial charge < -0.3 is 14.4 Å². The van der Waals surface area contributed by atoms with Crippen LogP contribution in [0.4, 0.5) is 5.69 Å². The van der Waals surface area contributed by atoms with Crippen LogP contribution in [-0.4, -0.2) is 25.6 Å². The Morgan fingerprint density at radius 2 is 1.79 bits per heavy atom. The Morgan fingerprint density at radius 1 is 1.07 bits per heavy atom. The molecule has 0 aliphatic rings. The number of nitrogens with zero attached hydrogens (tertiary/aromatic N) is 3.